The summed E-state index contributed by atoms with van der Waals surface area (Å²) in [6.07, 6.45) is 6.92. The molecule has 5 N–H and O–H groups in total. The Morgan fingerprint density at radius 1 is 1.00 bits per heavy atom. The highest BCUT2D eigenvalue weighted by Gasteiger charge is 2.07. The fourth-order valence-electron chi connectivity index (χ4n) is 3.07. The van der Waals surface area contributed by atoms with E-state index in [0.717, 1.165) is 54.6 Å². The fourth-order valence-corrected chi connectivity index (χ4v) is 3.20. The number of nitrogens with one attached hydrogen (secondary N) is 3. The predicted molar refractivity (Wildman–Crippen MR) is 141 cm³/mol. The van der Waals surface area contributed by atoms with Gasteiger partial charge in [0.2, 0.25) is 0 Å². The first-order valence-electron chi connectivity index (χ1n) is 10.0. The van der Waals surface area contributed by atoms with E-state index < -0.39 is 0 Å². The van der Waals surface area contributed by atoms with Gasteiger partial charge >= 0.3 is 0 Å². The molecule has 1 aromatic heterocycles. The Balaban J connectivity index is 0.00000256. The van der Waals surface area contributed by atoms with Gasteiger partial charge in [-0.25, -0.2) is 9.97 Å². The third kappa shape index (κ3) is 8.54. The van der Waals surface area contributed by atoms with Crippen LogP contribution in [0.3, 0.4) is 0 Å². The minimum Gasteiger partial charge on any atom is -0.370 e. The first kappa shape index (κ1) is 27.5. The Bertz CT molecular complexity index is 1040. The molecule has 3 rings (SSSR count). The maximum Gasteiger partial charge on any atom is 0.185 e. The van der Waals surface area contributed by atoms with Gasteiger partial charge in [0.05, 0.1) is 5.52 Å². The second-order valence-electron chi connectivity index (χ2n) is 7.16. The highest BCUT2D eigenvalue weighted by molar-refractivity contribution is 6.30. The van der Waals surface area contributed by atoms with Crippen LogP contribution in [0.2, 0.25) is 5.02 Å². The summed E-state index contributed by atoms with van der Waals surface area (Å²) < 4.78 is 0. The topological polar surface area (TPSA) is 99.7 Å². The van der Waals surface area contributed by atoms with Crippen molar-refractivity contribution in [1.29, 1.82) is 5.41 Å². The number of aryl methyl sites for hydroxylation is 1. The summed E-state index contributed by atoms with van der Waals surface area (Å²) in [4.78, 5) is 9.43. The van der Waals surface area contributed by atoms with Crippen molar-refractivity contribution in [3.05, 3.63) is 64.4 Å². The molecule has 0 aliphatic heterocycles. The molecule has 0 saturated heterocycles. The summed E-state index contributed by atoms with van der Waals surface area (Å²) in [5.41, 5.74) is 8.42. The molecule has 0 saturated carbocycles. The van der Waals surface area contributed by atoms with Gasteiger partial charge in [0, 0.05) is 23.5 Å². The lowest BCUT2D eigenvalue weighted by Gasteiger charge is -2.11. The number of unbranched alkanes of at least 4 members (excludes halogenated alkanes) is 2. The molecule has 0 atom stereocenters. The molecule has 0 radical (unpaired) electrons. The van der Waals surface area contributed by atoms with Gasteiger partial charge in [-0.2, -0.15) is 0 Å². The quantitative estimate of drug-likeness (QED) is 0.174. The van der Waals surface area contributed by atoms with E-state index in [0.29, 0.717) is 10.8 Å². The van der Waals surface area contributed by atoms with Gasteiger partial charge in [0.25, 0.3) is 0 Å². The van der Waals surface area contributed by atoms with Crippen molar-refractivity contribution in [3.63, 3.8) is 0 Å². The highest BCUT2D eigenvalue weighted by Crippen LogP contribution is 2.23. The molecule has 1 heterocycles. The largest absolute Gasteiger partial charge is 0.370 e. The van der Waals surface area contributed by atoms with Crippen LogP contribution in [0.5, 0.6) is 0 Å². The van der Waals surface area contributed by atoms with Crippen molar-refractivity contribution in [2.75, 3.05) is 18.4 Å². The standard InChI is InChI=1S/C23H27ClN6.2ClH/c1-16-5-11-20-19(15-16)22(27-13-3-2-4-14-28-23(25)26)30-21(29-20)12-8-17-6-9-18(24)10-7-17;;/h5-12,15H,2-4,13-14H2,1H3,(H4,25,26,28)(H,27,29,30);2*1H. The number of nitrogens with two attached hydrogens (primary N) is 1. The lowest BCUT2D eigenvalue weighted by Crippen LogP contribution is -2.30. The Morgan fingerprint density at radius 3 is 2.44 bits per heavy atom. The zero-order chi connectivity index (χ0) is 21.3. The number of rotatable bonds is 9. The van der Waals surface area contributed by atoms with E-state index in [1.54, 1.807) is 0 Å². The first-order valence-corrected chi connectivity index (χ1v) is 10.4. The Hall–Kier alpha value is -2.54. The minimum absolute atomic E-state index is 0. The summed E-state index contributed by atoms with van der Waals surface area (Å²) >= 11 is 5.95. The second kappa shape index (κ2) is 13.8. The van der Waals surface area contributed by atoms with E-state index in [1.165, 1.54) is 5.56 Å². The van der Waals surface area contributed by atoms with Crippen LogP contribution in [-0.4, -0.2) is 29.0 Å². The number of aromatic nitrogens is 2. The zero-order valence-electron chi connectivity index (χ0n) is 17.9. The van der Waals surface area contributed by atoms with Crippen molar-refractivity contribution in [3.8, 4) is 0 Å². The van der Waals surface area contributed by atoms with Gasteiger partial charge in [0.15, 0.2) is 11.8 Å². The molecule has 0 unspecified atom stereocenters. The predicted octanol–water partition coefficient (Wildman–Crippen LogP) is 5.67. The van der Waals surface area contributed by atoms with E-state index in [4.69, 9.17) is 32.7 Å². The number of guanidine groups is 1. The molecule has 0 aliphatic carbocycles. The third-order valence-electron chi connectivity index (χ3n) is 4.62. The molecule has 0 bridgehead atoms. The third-order valence-corrected chi connectivity index (χ3v) is 4.88. The van der Waals surface area contributed by atoms with Crippen LogP contribution in [0.25, 0.3) is 23.1 Å². The van der Waals surface area contributed by atoms with Crippen molar-refractivity contribution in [2.45, 2.75) is 26.2 Å². The van der Waals surface area contributed by atoms with Gasteiger partial charge in [-0.15, -0.1) is 24.8 Å². The summed E-state index contributed by atoms with van der Waals surface area (Å²) in [7, 11) is 0. The molecule has 0 aliphatic rings. The van der Waals surface area contributed by atoms with Gasteiger partial charge in [-0.1, -0.05) is 41.4 Å². The molecule has 0 spiro atoms. The number of nitrogens with zero attached hydrogens (tertiary/aromatic N) is 2. The molecule has 0 fully saturated rings. The molecular weight excluding hydrogens is 467 g/mol. The van der Waals surface area contributed by atoms with Crippen LogP contribution in [0.4, 0.5) is 5.82 Å². The molecule has 3 aromatic rings. The number of benzene rings is 2. The summed E-state index contributed by atoms with van der Waals surface area (Å²) in [6.45, 7) is 3.62. The van der Waals surface area contributed by atoms with E-state index >= 15 is 0 Å². The average molecular weight is 496 g/mol. The number of halogens is 3. The number of fused-ring (bicyclic) bond motifs is 1. The van der Waals surface area contributed by atoms with Gasteiger partial charge in [-0.3, -0.25) is 5.41 Å². The maximum atomic E-state index is 7.16. The van der Waals surface area contributed by atoms with Crippen LogP contribution in [0.15, 0.2) is 42.5 Å². The summed E-state index contributed by atoms with van der Waals surface area (Å²) in [5.74, 6) is 1.53. The van der Waals surface area contributed by atoms with Crippen molar-refractivity contribution < 1.29 is 0 Å². The fraction of sp³-hybridized carbons (Fsp3) is 0.261. The van der Waals surface area contributed by atoms with Crippen LogP contribution in [0, 0.1) is 12.3 Å². The van der Waals surface area contributed by atoms with Gasteiger partial charge in [-0.05, 0) is 62.1 Å². The number of anilines is 1. The lowest BCUT2D eigenvalue weighted by atomic mass is 10.1. The monoisotopic (exact) mass is 494 g/mol. The van der Waals surface area contributed by atoms with E-state index in [1.807, 2.05) is 42.5 Å². The van der Waals surface area contributed by atoms with Crippen molar-refractivity contribution in [2.24, 2.45) is 5.73 Å². The maximum absolute atomic E-state index is 7.16. The number of hydrogen-bond donors (Lipinski definition) is 4. The zero-order valence-corrected chi connectivity index (χ0v) is 20.3. The molecular formula is C23H29Cl3N6. The molecule has 32 heavy (non-hydrogen) atoms. The summed E-state index contributed by atoms with van der Waals surface area (Å²) in [6, 6.07) is 13.9. The molecule has 2 aromatic carbocycles. The molecule has 0 amide bonds. The highest BCUT2D eigenvalue weighted by atomic mass is 35.5. The van der Waals surface area contributed by atoms with Crippen LogP contribution >= 0.6 is 36.4 Å². The van der Waals surface area contributed by atoms with Gasteiger partial charge < -0.3 is 16.4 Å². The second-order valence-corrected chi connectivity index (χ2v) is 7.60. The van der Waals surface area contributed by atoms with Crippen LogP contribution < -0.4 is 16.4 Å². The SMILES string of the molecule is Cc1ccc2nc(C=Cc3ccc(Cl)cc3)nc(NCCCCCNC(=N)N)c2c1.Cl.Cl. The van der Waals surface area contributed by atoms with E-state index in [9.17, 15) is 0 Å². The van der Waals surface area contributed by atoms with Gasteiger partial charge in [0.1, 0.15) is 5.82 Å². The number of hydrogen-bond acceptors (Lipinski definition) is 4. The molecule has 172 valence electrons. The smallest absolute Gasteiger partial charge is 0.185 e. The van der Waals surface area contributed by atoms with Crippen LogP contribution in [-0.2, 0) is 0 Å². The normalized spacial score (nSPS) is 10.4. The Morgan fingerprint density at radius 2 is 1.72 bits per heavy atom. The summed E-state index contributed by atoms with van der Waals surface area (Å²) in [5, 5.41) is 15.2. The van der Waals surface area contributed by atoms with Crippen LogP contribution in [0.1, 0.15) is 36.2 Å². The molecule has 6 nitrogen and oxygen atoms in total. The lowest BCUT2D eigenvalue weighted by molar-refractivity contribution is 0.677. The Labute approximate surface area is 206 Å². The average Bonchev–Trinajstić information content (AvgIpc) is 2.72. The van der Waals surface area contributed by atoms with E-state index in [2.05, 4.69) is 29.7 Å². The van der Waals surface area contributed by atoms with E-state index in [-0.39, 0.29) is 30.8 Å². The minimum atomic E-state index is 0. The van der Waals surface area contributed by atoms with Crippen molar-refractivity contribution >= 4 is 71.2 Å². The van der Waals surface area contributed by atoms with Crippen molar-refractivity contribution in [1.82, 2.24) is 15.3 Å². The Kier molecular flexibility index (Phi) is 11.8. The first-order chi connectivity index (χ1) is 14.5. The molecule has 9 heteroatoms.